The van der Waals surface area contributed by atoms with Gasteiger partial charge in [0.25, 0.3) is 0 Å². The Bertz CT molecular complexity index is 759. The first-order valence-corrected chi connectivity index (χ1v) is 10.8. The Labute approximate surface area is 169 Å². The summed E-state index contributed by atoms with van der Waals surface area (Å²) in [5.74, 6) is 0.390. The summed E-state index contributed by atoms with van der Waals surface area (Å²) in [5.41, 5.74) is 6.34. The highest BCUT2D eigenvalue weighted by molar-refractivity contribution is 5.80. The molecule has 1 fully saturated rings. The zero-order valence-corrected chi connectivity index (χ0v) is 17.1. The predicted molar refractivity (Wildman–Crippen MR) is 116 cm³/mol. The monoisotopic (exact) mass is 380 g/mol. The van der Waals surface area contributed by atoms with Gasteiger partial charge in [-0.05, 0) is 104 Å². The standard InChI is InChI=1S/C25H33FN2/c1-19-15-21(8-5-4-7-20-10-12-24(26)13-11-20)23(17-27)16-25(19)22-9-3-2-6-14-28-18-22/h10-13,15-17,22,27-28H,2-9,14,18H2,1H3/t22-/m0/s1. The second-order valence-corrected chi connectivity index (χ2v) is 8.14. The van der Waals surface area contributed by atoms with E-state index in [2.05, 4.69) is 24.4 Å². The van der Waals surface area contributed by atoms with Crippen molar-refractivity contribution in [3.05, 3.63) is 70.0 Å². The van der Waals surface area contributed by atoms with Gasteiger partial charge in [-0.1, -0.05) is 31.0 Å². The molecule has 0 amide bonds. The number of unbranched alkanes of at least 4 members (excludes halogenated alkanes) is 1. The molecule has 3 heteroatoms. The average molecular weight is 381 g/mol. The molecular formula is C25H33FN2. The minimum atomic E-state index is -0.172. The molecule has 1 saturated heterocycles. The van der Waals surface area contributed by atoms with Gasteiger partial charge < -0.3 is 10.7 Å². The second kappa shape index (κ2) is 10.5. The molecule has 1 aliphatic heterocycles. The number of hydrogen-bond donors (Lipinski definition) is 2. The van der Waals surface area contributed by atoms with Crippen molar-refractivity contribution in [3.63, 3.8) is 0 Å². The molecule has 150 valence electrons. The first kappa shape index (κ1) is 20.7. The summed E-state index contributed by atoms with van der Waals surface area (Å²) < 4.78 is 13.0. The van der Waals surface area contributed by atoms with Crippen LogP contribution in [0.5, 0.6) is 0 Å². The second-order valence-electron chi connectivity index (χ2n) is 8.14. The van der Waals surface area contributed by atoms with Gasteiger partial charge in [-0.15, -0.1) is 0 Å². The Kier molecular flexibility index (Phi) is 7.79. The van der Waals surface area contributed by atoms with Gasteiger partial charge >= 0.3 is 0 Å². The maximum Gasteiger partial charge on any atom is 0.123 e. The Balaban J connectivity index is 1.62. The van der Waals surface area contributed by atoms with E-state index in [0.29, 0.717) is 5.92 Å². The van der Waals surface area contributed by atoms with Crippen molar-refractivity contribution in [3.8, 4) is 0 Å². The third-order valence-corrected chi connectivity index (χ3v) is 5.99. The molecule has 0 saturated carbocycles. The van der Waals surface area contributed by atoms with Crippen LogP contribution in [0.2, 0.25) is 0 Å². The van der Waals surface area contributed by atoms with Gasteiger partial charge in [0.05, 0.1) is 0 Å². The van der Waals surface area contributed by atoms with Crippen molar-refractivity contribution in [1.29, 1.82) is 5.41 Å². The summed E-state index contributed by atoms with van der Waals surface area (Å²) in [4.78, 5) is 0. The molecule has 2 nitrogen and oxygen atoms in total. The quantitative estimate of drug-likeness (QED) is 0.452. The van der Waals surface area contributed by atoms with Crippen LogP contribution >= 0.6 is 0 Å². The molecule has 3 rings (SSSR count). The van der Waals surface area contributed by atoms with Crippen LogP contribution in [0.15, 0.2) is 36.4 Å². The van der Waals surface area contributed by atoms with E-state index in [4.69, 9.17) is 5.41 Å². The van der Waals surface area contributed by atoms with Crippen LogP contribution in [0, 0.1) is 18.2 Å². The van der Waals surface area contributed by atoms with Crippen molar-refractivity contribution < 1.29 is 4.39 Å². The van der Waals surface area contributed by atoms with E-state index in [9.17, 15) is 4.39 Å². The van der Waals surface area contributed by atoms with Crippen LogP contribution in [-0.4, -0.2) is 19.3 Å². The van der Waals surface area contributed by atoms with E-state index in [-0.39, 0.29) is 5.82 Å². The van der Waals surface area contributed by atoms with E-state index in [1.165, 1.54) is 66.3 Å². The van der Waals surface area contributed by atoms with Crippen molar-refractivity contribution in [2.75, 3.05) is 13.1 Å². The van der Waals surface area contributed by atoms with E-state index in [1.807, 2.05) is 12.1 Å². The smallest absolute Gasteiger partial charge is 0.123 e. The van der Waals surface area contributed by atoms with Gasteiger partial charge in [-0.3, -0.25) is 0 Å². The molecule has 1 heterocycles. The Hall–Kier alpha value is -2.00. The van der Waals surface area contributed by atoms with Crippen molar-refractivity contribution >= 4 is 6.21 Å². The average Bonchev–Trinajstić information content (AvgIpc) is 2.67. The third-order valence-electron chi connectivity index (χ3n) is 5.99. The summed E-state index contributed by atoms with van der Waals surface area (Å²) in [6.07, 6.45) is 10.8. The summed E-state index contributed by atoms with van der Waals surface area (Å²) in [7, 11) is 0. The summed E-state index contributed by atoms with van der Waals surface area (Å²) in [6.45, 7) is 4.40. The number of benzene rings is 2. The number of nitrogens with one attached hydrogen (secondary N) is 2. The lowest BCUT2D eigenvalue weighted by atomic mass is 9.86. The van der Waals surface area contributed by atoms with E-state index < -0.39 is 0 Å². The van der Waals surface area contributed by atoms with Crippen molar-refractivity contribution in [2.45, 2.75) is 64.2 Å². The van der Waals surface area contributed by atoms with Crippen LogP contribution < -0.4 is 5.32 Å². The maximum absolute atomic E-state index is 13.0. The molecule has 0 aliphatic carbocycles. The van der Waals surface area contributed by atoms with Gasteiger partial charge in [0.2, 0.25) is 0 Å². The molecule has 1 aliphatic rings. The Morgan fingerprint density at radius 3 is 2.64 bits per heavy atom. The summed E-state index contributed by atoms with van der Waals surface area (Å²) in [5, 5.41) is 11.5. The lowest BCUT2D eigenvalue weighted by Crippen LogP contribution is -2.25. The van der Waals surface area contributed by atoms with E-state index >= 15 is 0 Å². The molecular weight excluding hydrogens is 347 g/mol. The minimum absolute atomic E-state index is 0.172. The first-order chi connectivity index (χ1) is 13.7. The highest BCUT2D eigenvalue weighted by Gasteiger charge is 2.17. The number of hydrogen-bond acceptors (Lipinski definition) is 2. The van der Waals surface area contributed by atoms with Gasteiger partial charge in [-0.2, -0.15) is 0 Å². The lowest BCUT2D eigenvalue weighted by Gasteiger charge is -2.24. The Morgan fingerprint density at radius 2 is 1.86 bits per heavy atom. The summed E-state index contributed by atoms with van der Waals surface area (Å²) >= 11 is 0. The Morgan fingerprint density at radius 1 is 1.07 bits per heavy atom. The third kappa shape index (κ3) is 5.75. The molecule has 0 aromatic heterocycles. The predicted octanol–water partition coefficient (Wildman–Crippen LogP) is 5.94. The van der Waals surface area contributed by atoms with E-state index in [1.54, 1.807) is 0 Å². The lowest BCUT2D eigenvalue weighted by molar-refractivity contribution is 0.468. The highest BCUT2D eigenvalue weighted by atomic mass is 19.1. The fourth-order valence-electron chi connectivity index (χ4n) is 4.35. The molecule has 2 aromatic rings. The van der Waals surface area contributed by atoms with E-state index in [0.717, 1.165) is 44.3 Å². The normalized spacial score (nSPS) is 17.7. The maximum atomic E-state index is 13.0. The molecule has 1 atom stereocenters. The molecule has 0 unspecified atom stereocenters. The zero-order chi connectivity index (χ0) is 19.8. The van der Waals surface area contributed by atoms with Gasteiger partial charge in [-0.25, -0.2) is 4.39 Å². The fourth-order valence-corrected chi connectivity index (χ4v) is 4.35. The van der Waals surface area contributed by atoms with Crippen LogP contribution in [-0.2, 0) is 12.8 Å². The van der Waals surface area contributed by atoms with Crippen LogP contribution in [0.25, 0.3) is 0 Å². The fraction of sp³-hybridized carbons (Fsp3) is 0.480. The molecule has 2 N–H and O–H groups in total. The van der Waals surface area contributed by atoms with Crippen LogP contribution in [0.3, 0.4) is 0 Å². The van der Waals surface area contributed by atoms with Crippen LogP contribution in [0.4, 0.5) is 4.39 Å². The first-order valence-electron chi connectivity index (χ1n) is 10.8. The molecule has 28 heavy (non-hydrogen) atoms. The topological polar surface area (TPSA) is 35.9 Å². The number of halogens is 1. The molecule has 0 spiro atoms. The molecule has 0 bridgehead atoms. The SMILES string of the molecule is Cc1cc(CCCCc2ccc(F)cc2)c(C=N)cc1[C@H]1CCCCCNC1. The minimum Gasteiger partial charge on any atom is -0.316 e. The van der Waals surface area contributed by atoms with Crippen LogP contribution in [0.1, 0.15) is 72.3 Å². The van der Waals surface area contributed by atoms with Crippen molar-refractivity contribution in [1.82, 2.24) is 5.32 Å². The van der Waals surface area contributed by atoms with Gasteiger partial charge in [0.1, 0.15) is 5.82 Å². The number of rotatable bonds is 7. The van der Waals surface area contributed by atoms with Crippen molar-refractivity contribution in [2.24, 2.45) is 0 Å². The van der Waals surface area contributed by atoms with Gasteiger partial charge in [0, 0.05) is 12.8 Å². The zero-order valence-electron chi connectivity index (χ0n) is 17.1. The highest BCUT2D eigenvalue weighted by Crippen LogP contribution is 2.29. The molecule has 2 aromatic carbocycles. The largest absolute Gasteiger partial charge is 0.316 e. The summed E-state index contributed by atoms with van der Waals surface area (Å²) in [6, 6.07) is 11.4. The molecule has 0 radical (unpaired) electrons. The van der Waals surface area contributed by atoms with Gasteiger partial charge in [0.15, 0.2) is 0 Å². The number of aryl methyl sites for hydroxylation is 3.